The first-order valence-electron chi connectivity index (χ1n) is 6.76. The molecule has 0 unspecified atom stereocenters. The lowest BCUT2D eigenvalue weighted by Crippen LogP contribution is -2.21. The van der Waals surface area contributed by atoms with Gasteiger partial charge in [-0.3, -0.25) is 0 Å². The van der Waals surface area contributed by atoms with Crippen molar-refractivity contribution in [2.45, 2.75) is 32.2 Å². The van der Waals surface area contributed by atoms with E-state index in [0.29, 0.717) is 12.2 Å². The Morgan fingerprint density at radius 3 is 2.75 bits per heavy atom. The van der Waals surface area contributed by atoms with E-state index in [-0.39, 0.29) is 18.7 Å². The Balaban J connectivity index is 1.66. The molecule has 1 aromatic rings. The Labute approximate surface area is 119 Å². The summed E-state index contributed by atoms with van der Waals surface area (Å²) in [6.07, 6.45) is 4.61. The maximum Gasteiger partial charge on any atom is 0.338 e. The number of hydrogen-bond acceptors (Lipinski definition) is 4. The molecule has 20 heavy (non-hydrogen) atoms. The SMILES string of the molecule is CC1(C)OC[C@H](C/C=C/COC(=O)c2ccccc2)O1. The topological polar surface area (TPSA) is 44.8 Å². The van der Waals surface area contributed by atoms with Crippen LogP contribution in [-0.2, 0) is 14.2 Å². The maximum absolute atomic E-state index is 11.6. The summed E-state index contributed by atoms with van der Waals surface area (Å²) in [7, 11) is 0. The first kappa shape index (κ1) is 14.8. The third-order valence-electron chi connectivity index (χ3n) is 2.95. The molecule has 0 spiro atoms. The maximum atomic E-state index is 11.6. The lowest BCUT2D eigenvalue weighted by Gasteiger charge is -2.16. The summed E-state index contributed by atoms with van der Waals surface area (Å²) in [5, 5.41) is 0. The lowest BCUT2D eigenvalue weighted by atomic mass is 10.2. The number of ether oxygens (including phenoxy) is 3. The number of esters is 1. The quantitative estimate of drug-likeness (QED) is 0.612. The summed E-state index contributed by atoms with van der Waals surface area (Å²) < 4.78 is 16.3. The highest BCUT2D eigenvalue weighted by Gasteiger charge is 2.31. The molecule has 1 heterocycles. The lowest BCUT2D eigenvalue weighted by molar-refractivity contribution is -0.137. The van der Waals surface area contributed by atoms with Crippen LogP contribution in [0.3, 0.4) is 0 Å². The predicted octanol–water partition coefficient (Wildman–Crippen LogP) is 2.94. The van der Waals surface area contributed by atoms with E-state index >= 15 is 0 Å². The third-order valence-corrected chi connectivity index (χ3v) is 2.95. The highest BCUT2D eigenvalue weighted by molar-refractivity contribution is 5.89. The second-order valence-electron chi connectivity index (χ2n) is 5.12. The van der Waals surface area contributed by atoms with Gasteiger partial charge in [-0.2, -0.15) is 0 Å². The average molecular weight is 276 g/mol. The first-order chi connectivity index (χ1) is 9.57. The molecule has 4 heteroatoms. The van der Waals surface area contributed by atoms with Crippen LogP contribution >= 0.6 is 0 Å². The minimum absolute atomic E-state index is 0.0751. The molecule has 108 valence electrons. The molecule has 1 aromatic carbocycles. The summed E-state index contributed by atoms with van der Waals surface area (Å²) in [5.41, 5.74) is 0.565. The zero-order chi connectivity index (χ0) is 14.4. The van der Waals surface area contributed by atoms with E-state index in [1.807, 2.05) is 44.2 Å². The van der Waals surface area contributed by atoms with E-state index in [2.05, 4.69) is 0 Å². The molecule has 0 saturated carbocycles. The van der Waals surface area contributed by atoms with Crippen LogP contribution in [0.5, 0.6) is 0 Å². The van der Waals surface area contributed by atoms with Gasteiger partial charge < -0.3 is 14.2 Å². The molecule has 0 bridgehead atoms. The van der Waals surface area contributed by atoms with Crippen LogP contribution in [0, 0.1) is 0 Å². The second-order valence-corrected chi connectivity index (χ2v) is 5.12. The van der Waals surface area contributed by atoms with E-state index < -0.39 is 5.79 Å². The summed E-state index contributed by atoms with van der Waals surface area (Å²) in [5.74, 6) is -0.796. The average Bonchev–Trinajstić information content (AvgIpc) is 2.78. The van der Waals surface area contributed by atoms with Crippen molar-refractivity contribution in [2.75, 3.05) is 13.2 Å². The van der Waals surface area contributed by atoms with Gasteiger partial charge in [-0.15, -0.1) is 0 Å². The minimum Gasteiger partial charge on any atom is -0.458 e. The summed E-state index contributed by atoms with van der Waals surface area (Å²) >= 11 is 0. The summed E-state index contributed by atoms with van der Waals surface area (Å²) in [4.78, 5) is 11.6. The van der Waals surface area contributed by atoms with Crippen LogP contribution in [0.15, 0.2) is 42.5 Å². The van der Waals surface area contributed by atoms with Gasteiger partial charge in [0.25, 0.3) is 0 Å². The highest BCUT2D eigenvalue weighted by Crippen LogP contribution is 2.24. The molecule has 1 aliphatic rings. The van der Waals surface area contributed by atoms with Crippen molar-refractivity contribution < 1.29 is 19.0 Å². The first-order valence-corrected chi connectivity index (χ1v) is 6.76. The van der Waals surface area contributed by atoms with E-state index in [1.165, 1.54) is 0 Å². The Kier molecular flexibility index (Phi) is 4.93. The molecule has 0 amide bonds. The minimum atomic E-state index is -0.488. The largest absolute Gasteiger partial charge is 0.458 e. The van der Waals surface area contributed by atoms with Gasteiger partial charge >= 0.3 is 5.97 Å². The van der Waals surface area contributed by atoms with Gasteiger partial charge in [0.2, 0.25) is 0 Å². The molecule has 0 N–H and O–H groups in total. The molecule has 1 saturated heterocycles. The Hall–Kier alpha value is -1.65. The van der Waals surface area contributed by atoms with E-state index in [4.69, 9.17) is 14.2 Å². The Morgan fingerprint density at radius 1 is 1.35 bits per heavy atom. The van der Waals surface area contributed by atoms with Crippen molar-refractivity contribution in [1.29, 1.82) is 0 Å². The molecule has 1 atom stereocenters. The highest BCUT2D eigenvalue weighted by atomic mass is 16.7. The molecule has 2 rings (SSSR count). The molecule has 1 aliphatic heterocycles. The molecule has 0 aliphatic carbocycles. The van der Waals surface area contributed by atoms with Gasteiger partial charge in [0.05, 0.1) is 18.3 Å². The fourth-order valence-corrected chi connectivity index (χ4v) is 1.98. The van der Waals surface area contributed by atoms with E-state index in [9.17, 15) is 4.79 Å². The van der Waals surface area contributed by atoms with Crippen molar-refractivity contribution >= 4 is 5.97 Å². The number of hydrogen-bond donors (Lipinski definition) is 0. The van der Waals surface area contributed by atoms with Crippen LogP contribution in [0.4, 0.5) is 0 Å². The zero-order valence-corrected chi connectivity index (χ0v) is 11.9. The van der Waals surface area contributed by atoms with Gasteiger partial charge in [0.15, 0.2) is 5.79 Å². The number of benzene rings is 1. The molecule has 0 aromatic heterocycles. The zero-order valence-electron chi connectivity index (χ0n) is 11.9. The van der Waals surface area contributed by atoms with Crippen molar-refractivity contribution in [3.05, 3.63) is 48.0 Å². The predicted molar refractivity (Wildman–Crippen MR) is 75.4 cm³/mol. The van der Waals surface area contributed by atoms with E-state index in [0.717, 1.165) is 6.42 Å². The second kappa shape index (κ2) is 6.68. The number of carbonyl (C=O) groups is 1. The monoisotopic (exact) mass is 276 g/mol. The van der Waals surface area contributed by atoms with Crippen LogP contribution in [-0.4, -0.2) is 31.1 Å². The van der Waals surface area contributed by atoms with Gasteiger partial charge in [-0.1, -0.05) is 30.4 Å². The summed E-state index contributed by atoms with van der Waals surface area (Å²) in [6.45, 7) is 4.67. The van der Waals surface area contributed by atoms with Gasteiger partial charge in [-0.05, 0) is 32.4 Å². The van der Waals surface area contributed by atoms with Gasteiger partial charge in [0.1, 0.15) is 6.61 Å². The third kappa shape index (κ3) is 4.47. The molecular weight excluding hydrogens is 256 g/mol. The Morgan fingerprint density at radius 2 is 2.10 bits per heavy atom. The Bertz CT molecular complexity index is 465. The fraction of sp³-hybridized carbons (Fsp3) is 0.438. The molecule has 4 nitrogen and oxygen atoms in total. The van der Waals surface area contributed by atoms with Gasteiger partial charge in [0, 0.05) is 0 Å². The van der Waals surface area contributed by atoms with Crippen LogP contribution in [0.1, 0.15) is 30.6 Å². The molecule has 1 fully saturated rings. The van der Waals surface area contributed by atoms with Crippen molar-refractivity contribution in [1.82, 2.24) is 0 Å². The van der Waals surface area contributed by atoms with E-state index in [1.54, 1.807) is 12.1 Å². The van der Waals surface area contributed by atoms with Crippen LogP contribution < -0.4 is 0 Å². The number of carbonyl (C=O) groups excluding carboxylic acids is 1. The van der Waals surface area contributed by atoms with Crippen LogP contribution in [0.25, 0.3) is 0 Å². The van der Waals surface area contributed by atoms with Crippen LogP contribution in [0.2, 0.25) is 0 Å². The summed E-state index contributed by atoms with van der Waals surface area (Å²) in [6, 6.07) is 8.95. The number of rotatable bonds is 5. The fourth-order valence-electron chi connectivity index (χ4n) is 1.98. The smallest absolute Gasteiger partial charge is 0.338 e. The normalized spacial score (nSPS) is 21.2. The van der Waals surface area contributed by atoms with Gasteiger partial charge in [-0.25, -0.2) is 4.79 Å². The van der Waals surface area contributed by atoms with Crippen molar-refractivity contribution in [3.8, 4) is 0 Å². The molecular formula is C16H20O4. The molecule has 0 radical (unpaired) electrons. The standard InChI is InChI=1S/C16H20O4/c1-16(2)19-12-14(20-16)10-6-7-11-18-15(17)13-8-4-3-5-9-13/h3-9,14H,10-12H2,1-2H3/b7-6+/t14-/m0/s1. The van der Waals surface area contributed by atoms with Crippen molar-refractivity contribution in [2.24, 2.45) is 0 Å². The van der Waals surface area contributed by atoms with Crippen molar-refractivity contribution in [3.63, 3.8) is 0 Å².